The molecule has 7 nitrogen and oxygen atoms in total. The van der Waals surface area contributed by atoms with Crippen LogP contribution in [0.25, 0.3) is 0 Å². The summed E-state index contributed by atoms with van der Waals surface area (Å²) in [5, 5.41) is 9.04. The molecule has 0 saturated carbocycles. The highest BCUT2D eigenvalue weighted by Crippen LogP contribution is 2.27. The standard InChI is InChI=1S/C18H18N2O5S/c1-12-2-4-14(5-3-12)19-26(24,25)16-8-6-15(7-9-16)20-11-13(18(22)23)10-17(20)21/h2-9,13,19H,10-11H2,1H3,(H,22,23). The summed E-state index contributed by atoms with van der Waals surface area (Å²) in [5.74, 6) is -2.04. The molecule has 0 bridgehead atoms. The highest BCUT2D eigenvalue weighted by molar-refractivity contribution is 7.92. The molecule has 1 aliphatic heterocycles. The van der Waals surface area contributed by atoms with Crippen LogP contribution < -0.4 is 9.62 Å². The zero-order chi connectivity index (χ0) is 18.9. The number of carbonyl (C=O) groups excluding carboxylic acids is 1. The van der Waals surface area contributed by atoms with Gasteiger partial charge in [0, 0.05) is 24.3 Å². The molecule has 1 unspecified atom stereocenters. The van der Waals surface area contributed by atoms with Crippen molar-refractivity contribution >= 4 is 33.3 Å². The lowest BCUT2D eigenvalue weighted by Crippen LogP contribution is -2.25. The molecule has 1 amide bonds. The van der Waals surface area contributed by atoms with E-state index in [4.69, 9.17) is 5.11 Å². The highest BCUT2D eigenvalue weighted by Gasteiger charge is 2.35. The molecule has 1 aliphatic rings. The van der Waals surface area contributed by atoms with Gasteiger partial charge in [0.15, 0.2) is 0 Å². The number of aliphatic carboxylic acids is 1. The lowest BCUT2D eigenvalue weighted by molar-refractivity contribution is -0.141. The zero-order valence-corrected chi connectivity index (χ0v) is 14.9. The first-order valence-electron chi connectivity index (χ1n) is 7.99. The van der Waals surface area contributed by atoms with Gasteiger partial charge in [-0.3, -0.25) is 14.3 Å². The normalized spacial score (nSPS) is 17.3. The van der Waals surface area contributed by atoms with Crippen LogP contribution in [0.3, 0.4) is 0 Å². The van der Waals surface area contributed by atoms with Gasteiger partial charge < -0.3 is 10.0 Å². The smallest absolute Gasteiger partial charge is 0.308 e. The third-order valence-corrected chi connectivity index (χ3v) is 5.63. The van der Waals surface area contributed by atoms with E-state index in [1.54, 1.807) is 24.3 Å². The number of amides is 1. The summed E-state index contributed by atoms with van der Waals surface area (Å²) >= 11 is 0. The van der Waals surface area contributed by atoms with Crippen LogP contribution in [0.2, 0.25) is 0 Å². The van der Waals surface area contributed by atoms with E-state index in [9.17, 15) is 18.0 Å². The maximum absolute atomic E-state index is 12.5. The molecule has 2 aromatic carbocycles. The molecule has 0 aliphatic carbocycles. The van der Waals surface area contributed by atoms with Crippen LogP contribution in [0.5, 0.6) is 0 Å². The third kappa shape index (κ3) is 3.70. The summed E-state index contributed by atoms with van der Waals surface area (Å²) in [4.78, 5) is 24.4. The van der Waals surface area contributed by atoms with Crippen molar-refractivity contribution in [1.29, 1.82) is 0 Å². The maximum atomic E-state index is 12.5. The van der Waals surface area contributed by atoms with Crippen molar-refractivity contribution in [2.24, 2.45) is 5.92 Å². The fourth-order valence-electron chi connectivity index (χ4n) is 2.76. The lowest BCUT2D eigenvalue weighted by Gasteiger charge is -2.16. The van der Waals surface area contributed by atoms with Gasteiger partial charge in [-0.2, -0.15) is 0 Å². The number of anilines is 2. The molecule has 0 spiro atoms. The molecule has 1 fully saturated rings. The molecule has 0 radical (unpaired) electrons. The number of nitrogens with zero attached hydrogens (tertiary/aromatic N) is 1. The molecule has 136 valence electrons. The van der Waals surface area contributed by atoms with Crippen molar-refractivity contribution in [3.8, 4) is 0 Å². The van der Waals surface area contributed by atoms with Gasteiger partial charge in [0.25, 0.3) is 10.0 Å². The van der Waals surface area contributed by atoms with Crippen molar-refractivity contribution in [2.45, 2.75) is 18.2 Å². The average Bonchev–Trinajstić information content (AvgIpc) is 2.99. The minimum atomic E-state index is -3.75. The molecule has 8 heteroatoms. The predicted molar refractivity (Wildman–Crippen MR) is 96.5 cm³/mol. The Labute approximate surface area is 151 Å². The Kier molecular flexibility index (Phi) is 4.69. The van der Waals surface area contributed by atoms with E-state index in [1.807, 2.05) is 6.92 Å². The van der Waals surface area contributed by atoms with Crippen molar-refractivity contribution in [3.05, 3.63) is 54.1 Å². The van der Waals surface area contributed by atoms with E-state index in [2.05, 4.69) is 4.72 Å². The molecule has 3 rings (SSSR count). The van der Waals surface area contributed by atoms with Gasteiger partial charge >= 0.3 is 5.97 Å². The molecular formula is C18H18N2O5S. The molecule has 26 heavy (non-hydrogen) atoms. The van der Waals surface area contributed by atoms with Gasteiger partial charge in [0.05, 0.1) is 10.8 Å². The number of benzene rings is 2. The van der Waals surface area contributed by atoms with Crippen LogP contribution in [-0.4, -0.2) is 31.9 Å². The molecule has 1 atom stereocenters. The fraction of sp³-hybridized carbons (Fsp3) is 0.222. The number of carboxylic acid groups (broad SMARTS) is 1. The van der Waals surface area contributed by atoms with E-state index in [0.29, 0.717) is 11.4 Å². The summed E-state index contributed by atoms with van der Waals surface area (Å²) in [7, 11) is -3.75. The lowest BCUT2D eigenvalue weighted by atomic mass is 10.1. The van der Waals surface area contributed by atoms with Crippen molar-refractivity contribution in [2.75, 3.05) is 16.2 Å². The molecule has 1 saturated heterocycles. The second-order valence-electron chi connectivity index (χ2n) is 6.21. The second-order valence-corrected chi connectivity index (χ2v) is 7.89. The Balaban J connectivity index is 1.77. The number of carboxylic acids is 1. The molecule has 0 aromatic heterocycles. The number of aryl methyl sites for hydroxylation is 1. The molecule has 1 heterocycles. The number of sulfonamides is 1. The Morgan fingerprint density at radius 3 is 2.27 bits per heavy atom. The molecular weight excluding hydrogens is 356 g/mol. The van der Waals surface area contributed by atoms with Crippen molar-refractivity contribution in [1.82, 2.24) is 0 Å². The van der Waals surface area contributed by atoms with Gasteiger partial charge in [0.1, 0.15) is 0 Å². The molecule has 2 aromatic rings. The monoisotopic (exact) mass is 374 g/mol. The fourth-order valence-corrected chi connectivity index (χ4v) is 3.82. The highest BCUT2D eigenvalue weighted by atomic mass is 32.2. The first-order chi connectivity index (χ1) is 12.3. The van der Waals surface area contributed by atoms with E-state index >= 15 is 0 Å². The van der Waals surface area contributed by atoms with Crippen molar-refractivity contribution < 1.29 is 23.1 Å². The van der Waals surface area contributed by atoms with Crippen LogP contribution >= 0.6 is 0 Å². The van der Waals surface area contributed by atoms with E-state index in [-0.39, 0.29) is 23.8 Å². The van der Waals surface area contributed by atoms with Crippen LogP contribution in [0.15, 0.2) is 53.4 Å². The van der Waals surface area contributed by atoms with E-state index in [1.165, 1.54) is 29.2 Å². The van der Waals surface area contributed by atoms with Gasteiger partial charge in [-0.1, -0.05) is 17.7 Å². The average molecular weight is 374 g/mol. The minimum absolute atomic E-state index is 0.0512. The van der Waals surface area contributed by atoms with Gasteiger partial charge in [-0.25, -0.2) is 8.42 Å². The van der Waals surface area contributed by atoms with Crippen LogP contribution in [0.4, 0.5) is 11.4 Å². The van der Waals surface area contributed by atoms with Gasteiger partial charge in [0.2, 0.25) is 5.91 Å². The van der Waals surface area contributed by atoms with E-state index in [0.717, 1.165) is 5.56 Å². The summed E-state index contributed by atoms with van der Waals surface area (Å²) < 4.78 is 27.4. The van der Waals surface area contributed by atoms with Crippen molar-refractivity contribution in [3.63, 3.8) is 0 Å². The van der Waals surface area contributed by atoms with Crippen LogP contribution in [-0.2, 0) is 19.6 Å². The van der Waals surface area contributed by atoms with Gasteiger partial charge in [-0.15, -0.1) is 0 Å². The number of hydrogen-bond donors (Lipinski definition) is 2. The SMILES string of the molecule is Cc1ccc(NS(=O)(=O)c2ccc(N3CC(C(=O)O)CC3=O)cc2)cc1. The zero-order valence-electron chi connectivity index (χ0n) is 14.0. The topological polar surface area (TPSA) is 104 Å². The Bertz CT molecular complexity index is 937. The number of carbonyl (C=O) groups is 2. The van der Waals surface area contributed by atoms with E-state index < -0.39 is 21.9 Å². The Morgan fingerprint density at radius 2 is 1.73 bits per heavy atom. The number of rotatable bonds is 5. The third-order valence-electron chi connectivity index (χ3n) is 4.24. The summed E-state index contributed by atoms with van der Waals surface area (Å²) in [5.41, 5.74) is 1.96. The predicted octanol–water partition coefficient (Wildman–Crippen LogP) is 2.23. The number of hydrogen-bond acceptors (Lipinski definition) is 4. The quantitative estimate of drug-likeness (QED) is 0.835. The van der Waals surface area contributed by atoms with Gasteiger partial charge in [-0.05, 0) is 43.3 Å². The summed E-state index contributed by atoms with van der Waals surface area (Å²) in [6, 6.07) is 12.8. The Morgan fingerprint density at radius 1 is 1.12 bits per heavy atom. The first kappa shape index (κ1) is 17.9. The largest absolute Gasteiger partial charge is 0.481 e. The second kappa shape index (κ2) is 6.80. The molecule has 2 N–H and O–H groups in total. The minimum Gasteiger partial charge on any atom is -0.481 e. The summed E-state index contributed by atoms with van der Waals surface area (Å²) in [6.07, 6.45) is -0.0512. The maximum Gasteiger partial charge on any atom is 0.308 e. The first-order valence-corrected chi connectivity index (χ1v) is 9.47. The van der Waals surface area contributed by atoms with Crippen LogP contribution in [0, 0.1) is 12.8 Å². The van der Waals surface area contributed by atoms with Crippen LogP contribution in [0.1, 0.15) is 12.0 Å². The Hall–Kier alpha value is -2.87. The summed E-state index contributed by atoms with van der Waals surface area (Å²) in [6.45, 7) is 1.99. The number of nitrogens with one attached hydrogen (secondary N) is 1.